The van der Waals surface area contributed by atoms with Crippen molar-refractivity contribution in [2.45, 2.75) is 32.1 Å². The standard InChI is InChI=1S/C24H25ClN2O3/c1-30-22-15-13-21(14-16-22)27-23(18-9-11-19(25)12-10-18)17-20(26-27)7-5-3-2-4-6-8-24(28)29/h2-3,9-17H,4-8H2,1H3,(H,28,29). The molecule has 1 aromatic heterocycles. The van der Waals surface area contributed by atoms with Gasteiger partial charge in [0.05, 0.1) is 24.2 Å². The number of aliphatic carboxylic acids is 1. The van der Waals surface area contributed by atoms with Gasteiger partial charge in [-0.15, -0.1) is 0 Å². The molecule has 0 aliphatic heterocycles. The zero-order valence-electron chi connectivity index (χ0n) is 16.9. The van der Waals surface area contributed by atoms with Gasteiger partial charge in [-0.25, -0.2) is 4.68 Å². The van der Waals surface area contributed by atoms with Crippen molar-refractivity contribution >= 4 is 17.6 Å². The van der Waals surface area contributed by atoms with Gasteiger partial charge in [-0.1, -0.05) is 35.9 Å². The molecule has 0 spiro atoms. The summed E-state index contributed by atoms with van der Waals surface area (Å²) in [5.74, 6) is 0.0504. The normalized spacial score (nSPS) is 11.1. The number of ether oxygens (including phenoxy) is 1. The first kappa shape index (κ1) is 21.7. The number of aryl methyl sites for hydroxylation is 1. The van der Waals surface area contributed by atoms with Crippen molar-refractivity contribution in [3.8, 4) is 22.7 Å². The van der Waals surface area contributed by atoms with E-state index < -0.39 is 5.97 Å². The molecule has 0 aliphatic rings. The van der Waals surface area contributed by atoms with Crippen molar-refractivity contribution in [1.29, 1.82) is 0 Å². The molecule has 30 heavy (non-hydrogen) atoms. The van der Waals surface area contributed by atoms with E-state index in [4.69, 9.17) is 26.5 Å². The number of hydrogen-bond acceptors (Lipinski definition) is 3. The SMILES string of the molecule is COc1ccc(-n2nc(CCC=CCCCC(=O)O)cc2-c2ccc(Cl)cc2)cc1. The number of aromatic nitrogens is 2. The highest BCUT2D eigenvalue weighted by molar-refractivity contribution is 6.30. The van der Waals surface area contributed by atoms with Crippen LogP contribution in [0, 0.1) is 0 Å². The summed E-state index contributed by atoms with van der Waals surface area (Å²) in [7, 11) is 1.65. The van der Waals surface area contributed by atoms with Crippen LogP contribution in [0.5, 0.6) is 5.75 Å². The molecule has 3 aromatic rings. The number of allylic oxidation sites excluding steroid dienone is 2. The van der Waals surface area contributed by atoms with Gasteiger partial charge in [-0.2, -0.15) is 5.10 Å². The number of carbonyl (C=O) groups is 1. The Labute approximate surface area is 181 Å². The number of hydrogen-bond donors (Lipinski definition) is 1. The Morgan fingerprint density at radius 3 is 2.47 bits per heavy atom. The maximum Gasteiger partial charge on any atom is 0.303 e. The third-order valence-corrected chi connectivity index (χ3v) is 4.96. The molecule has 1 N–H and O–H groups in total. The average molecular weight is 425 g/mol. The maximum atomic E-state index is 10.5. The van der Waals surface area contributed by atoms with Crippen LogP contribution in [-0.4, -0.2) is 28.0 Å². The molecule has 0 amide bonds. The molecule has 0 bridgehead atoms. The smallest absolute Gasteiger partial charge is 0.303 e. The number of rotatable bonds is 10. The molecule has 0 saturated carbocycles. The van der Waals surface area contributed by atoms with Crippen LogP contribution in [-0.2, 0) is 11.2 Å². The van der Waals surface area contributed by atoms with E-state index in [0.717, 1.165) is 47.7 Å². The lowest BCUT2D eigenvalue weighted by atomic mass is 10.1. The molecule has 3 rings (SSSR count). The average Bonchev–Trinajstić information content (AvgIpc) is 3.17. The monoisotopic (exact) mass is 424 g/mol. The van der Waals surface area contributed by atoms with Crippen molar-refractivity contribution in [2.24, 2.45) is 0 Å². The van der Waals surface area contributed by atoms with Crippen LogP contribution >= 0.6 is 11.6 Å². The number of nitrogens with zero attached hydrogens (tertiary/aromatic N) is 2. The number of benzene rings is 2. The topological polar surface area (TPSA) is 64.4 Å². The van der Waals surface area contributed by atoms with Gasteiger partial charge >= 0.3 is 5.97 Å². The predicted molar refractivity (Wildman–Crippen MR) is 120 cm³/mol. The largest absolute Gasteiger partial charge is 0.497 e. The summed E-state index contributed by atoms with van der Waals surface area (Å²) in [6, 6.07) is 17.6. The van der Waals surface area contributed by atoms with Gasteiger partial charge in [-0.05, 0) is 68.1 Å². The molecule has 0 aliphatic carbocycles. The first-order valence-electron chi connectivity index (χ1n) is 9.93. The second kappa shape index (κ2) is 10.6. The van der Waals surface area contributed by atoms with Crippen LogP contribution in [0.2, 0.25) is 5.02 Å². The zero-order chi connectivity index (χ0) is 21.3. The Morgan fingerprint density at radius 1 is 1.10 bits per heavy atom. The summed E-state index contributed by atoms with van der Waals surface area (Å²) in [5, 5.41) is 14.2. The molecule has 5 nitrogen and oxygen atoms in total. The van der Waals surface area contributed by atoms with Crippen LogP contribution in [0.3, 0.4) is 0 Å². The number of halogens is 1. The molecule has 0 atom stereocenters. The van der Waals surface area contributed by atoms with Crippen LogP contribution < -0.4 is 4.74 Å². The second-order valence-corrected chi connectivity index (χ2v) is 7.37. The third-order valence-electron chi connectivity index (χ3n) is 4.71. The van der Waals surface area contributed by atoms with E-state index >= 15 is 0 Å². The number of unbranched alkanes of at least 4 members (excludes halogenated alkanes) is 1. The minimum atomic E-state index is -0.748. The number of carboxylic acids is 1. The third kappa shape index (κ3) is 5.97. The molecule has 0 radical (unpaired) electrons. The van der Waals surface area contributed by atoms with Crippen molar-refractivity contribution in [1.82, 2.24) is 9.78 Å². The van der Waals surface area contributed by atoms with E-state index in [9.17, 15) is 4.79 Å². The van der Waals surface area contributed by atoms with E-state index in [0.29, 0.717) is 11.4 Å². The van der Waals surface area contributed by atoms with Gasteiger partial charge in [0.15, 0.2) is 0 Å². The minimum absolute atomic E-state index is 0.209. The van der Waals surface area contributed by atoms with E-state index in [-0.39, 0.29) is 6.42 Å². The van der Waals surface area contributed by atoms with Gasteiger partial charge in [0, 0.05) is 17.0 Å². The first-order chi connectivity index (χ1) is 14.6. The van der Waals surface area contributed by atoms with E-state index in [1.165, 1.54) is 0 Å². The van der Waals surface area contributed by atoms with Gasteiger partial charge in [-0.3, -0.25) is 4.79 Å². The Balaban J connectivity index is 1.77. The van der Waals surface area contributed by atoms with Crippen LogP contribution in [0.15, 0.2) is 66.7 Å². The second-order valence-electron chi connectivity index (χ2n) is 6.93. The van der Waals surface area contributed by atoms with E-state index in [2.05, 4.69) is 12.1 Å². The number of methoxy groups -OCH3 is 1. The van der Waals surface area contributed by atoms with Crippen molar-refractivity contribution in [2.75, 3.05) is 7.11 Å². The highest BCUT2D eigenvalue weighted by atomic mass is 35.5. The molecular weight excluding hydrogens is 400 g/mol. The fourth-order valence-electron chi connectivity index (χ4n) is 3.14. The number of carboxylic acid groups (broad SMARTS) is 1. The lowest BCUT2D eigenvalue weighted by Gasteiger charge is -2.08. The Hall–Kier alpha value is -3.05. The summed E-state index contributed by atoms with van der Waals surface area (Å²) in [4.78, 5) is 10.5. The van der Waals surface area contributed by atoms with Crippen molar-refractivity contribution in [3.05, 3.63) is 77.5 Å². The highest BCUT2D eigenvalue weighted by Crippen LogP contribution is 2.27. The van der Waals surface area contributed by atoms with Gasteiger partial charge < -0.3 is 9.84 Å². The first-order valence-corrected chi connectivity index (χ1v) is 10.3. The van der Waals surface area contributed by atoms with Crippen LogP contribution in [0.4, 0.5) is 0 Å². The molecule has 156 valence electrons. The molecule has 1 heterocycles. The Bertz CT molecular complexity index is 992. The Kier molecular flexibility index (Phi) is 7.69. The zero-order valence-corrected chi connectivity index (χ0v) is 17.7. The van der Waals surface area contributed by atoms with Gasteiger partial charge in [0.2, 0.25) is 0 Å². The lowest BCUT2D eigenvalue weighted by Crippen LogP contribution is -2.00. The molecular formula is C24H25ClN2O3. The lowest BCUT2D eigenvalue weighted by molar-refractivity contribution is -0.137. The molecule has 0 unspecified atom stereocenters. The highest BCUT2D eigenvalue weighted by Gasteiger charge is 2.12. The summed E-state index contributed by atoms with van der Waals surface area (Å²) in [6.07, 6.45) is 7.45. The van der Waals surface area contributed by atoms with Crippen LogP contribution in [0.1, 0.15) is 31.4 Å². The van der Waals surface area contributed by atoms with E-state index in [1.54, 1.807) is 7.11 Å². The fourth-order valence-corrected chi connectivity index (χ4v) is 3.26. The van der Waals surface area contributed by atoms with Crippen molar-refractivity contribution in [3.63, 3.8) is 0 Å². The summed E-state index contributed by atoms with van der Waals surface area (Å²) in [5.41, 5.74) is 3.98. The van der Waals surface area contributed by atoms with E-state index in [1.807, 2.05) is 59.3 Å². The minimum Gasteiger partial charge on any atom is -0.497 e. The van der Waals surface area contributed by atoms with Crippen molar-refractivity contribution < 1.29 is 14.6 Å². The van der Waals surface area contributed by atoms with Gasteiger partial charge in [0.25, 0.3) is 0 Å². The summed E-state index contributed by atoms with van der Waals surface area (Å²) < 4.78 is 7.20. The fraction of sp³-hybridized carbons (Fsp3) is 0.250. The van der Waals surface area contributed by atoms with Gasteiger partial charge in [0.1, 0.15) is 5.75 Å². The van der Waals surface area contributed by atoms with Crippen LogP contribution in [0.25, 0.3) is 16.9 Å². The molecule has 0 saturated heterocycles. The summed E-state index contributed by atoms with van der Waals surface area (Å²) in [6.45, 7) is 0. The summed E-state index contributed by atoms with van der Waals surface area (Å²) >= 11 is 6.06. The molecule has 0 fully saturated rings. The maximum absolute atomic E-state index is 10.5. The predicted octanol–water partition coefficient (Wildman–Crippen LogP) is 5.95. The Morgan fingerprint density at radius 2 is 1.80 bits per heavy atom. The molecule has 2 aromatic carbocycles. The quantitative estimate of drug-likeness (QED) is 0.323. The molecule has 6 heteroatoms.